The van der Waals surface area contributed by atoms with Crippen LogP contribution in [-0.2, 0) is 9.53 Å². The van der Waals surface area contributed by atoms with Gasteiger partial charge in [-0.15, -0.1) is 0 Å². The van der Waals surface area contributed by atoms with Gasteiger partial charge in [-0.1, -0.05) is 12.1 Å². The first kappa shape index (κ1) is 15.4. The molecular weight excluding hydrogens is 270 g/mol. The van der Waals surface area contributed by atoms with Gasteiger partial charge in [-0.3, -0.25) is 9.69 Å². The molecule has 1 aromatic rings. The van der Waals surface area contributed by atoms with Crippen LogP contribution < -0.4 is 5.32 Å². The topological polar surface area (TPSA) is 85.6 Å². The van der Waals surface area contributed by atoms with Crippen LogP contribution in [0.5, 0.6) is 0 Å². The van der Waals surface area contributed by atoms with Gasteiger partial charge in [-0.25, -0.2) is 0 Å². The standard InChI is InChI=1S/C15H19N3O3/c1-11(18-6-7-21-10-13(18)9-19)15(20)17-14-5-3-2-4-12(14)8-16/h2-5,11,13,19H,6-7,9-10H2,1H3,(H,17,20). The summed E-state index contributed by atoms with van der Waals surface area (Å²) in [4.78, 5) is 14.3. The molecule has 6 heteroatoms. The number of anilines is 1. The maximum Gasteiger partial charge on any atom is 0.241 e. The van der Waals surface area contributed by atoms with Crippen molar-refractivity contribution in [2.75, 3.05) is 31.7 Å². The summed E-state index contributed by atoms with van der Waals surface area (Å²) in [5, 5.41) is 21.2. The third-order valence-electron chi connectivity index (χ3n) is 3.67. The molecule has 0 bridgehead atoms. The van der Waals surface area contributed by atoms with Crippen molar-refractivity contribution in [3.8, 4) is 6.07 Å². The Balaban J connectivity index is 2.07. The van der Waals surface area contributed by atoms with Gasteiger partial charge in [0.05, 0.1) is 43.2 Å². The van der Waals surface area contributed by atoms with Crippen LogP contribution in [0.25, 0.3) is 0 Å². The second-order valence-corrected chi connectivity index (χ2v) is 4.97. The van der Waals surface area contributed by atoms with Crippen molar-refractivity contribution in [3.05, 3.63) is 29.8 Å². The lowest BCUT2D eigenvalue weighted by molar-refractivity contribution is -0.125. The number of nitriles is 1. The van der Waals surface area contributed by atoms with Crippen LogP contribution in [0.3, 0.4) is 0 Å². The summed E-state index contributed by atoms with van der Waals surface area (Å²) in [5.41, 5.74) is 0.935. The van der Waals surface area contributed by atoms with Crippen molar-refractivity contribution in [2.45, 2.75) is 19.0 Å². The number of hydrogen-bond donors (Lipinski definition) is 2. The van der Waals surface area contributed by atoms with Crippen LogP contribution in [0.1, 0.15) is 12.5 Å². The number of nitrogens with zero attached hydrogens (tertiary/aromatic N) is 2. The number of rotatable bonds is 4. The fraction of sp³-hybridized carbons (Fsp3) is 0.467. The Bertz CT molecular complexity index is 541. The number of para-hydroxylation sites is 1. The van der Waals surface area contributed by atoms with E-state index >= 15 is 0 Å². The van der Waals surface area contributed by atoms with Crippen molar-refractivity contribution in [1.82, 2.24) is 4.90 Å². The van der Waals surface area contributed by atoms with Crippen LogP contribution in [0.4, 0.5) is 5.69 Å². The Morgan fingerprint density at radius 1 is 1.62 bits per heavy atom. The van der Waals surface area contributed by atoms with E-state index in [-0.39, 0.29) is 18.6 Å². The molecule has 0 aromatic heterocycles. The monoisotopic (exact) mass is 289 g/mol. The number of morpholine rings is 1. The predicted octanol–water partition coefficient (Wildman–Crippen LogP) is 0.578. The number of amides is 1. The Labute approximate surface area is 123 Å². The summed E-state index contributed by atoms with van der Waals surface area (Å²) in [7, 11) is 0. The molecule has 1 aliphatic heterocycles. The first-order valence-electron chi connectivity index (χ1n) is 6.91. The van der Waals surface area contributed by atoms with Gasteiger partial charge in [0.2, 0.25) is 5.91 Å². The Hall–Kier alpha value is -1.94. The molecular formula is C15H19N3O3. The fourth-order valence-corrected chi connectivity index (χ4v) is 2.41. The molecule has 2 unspecified atom stereocenters. The number of aliphatic hydroxyl groups is 1. The van der Waals surface area contributed by atoms with Crippen molar-refractivity contribution < 1.29 is 14.6 Å². The highest BCUT2D eigenvalue weighted by molar-refractivity contribution is 5.95. The zero-order valence-electron chi connectivity index (χ0n) is 12.0. The highest BCUT2D eigenvalue weighted by Crippen LogP contribution is 2.16. The van der Waals surface area contributed by atoms with E-state index in [9.17, 15) is 9.90 Å². The van der Waals surface area contributed by atoms with Gasteiger partial charge in [0.25, 0.3) is 0 Å². The van der Waals surface area contributed by atoms with E-state index in [4.69, 9.17) is 10.00 Å². The molecule has 1 amide bonds. The zero-order chi connectivity index (χ0) is 15.2. The SMILES string of the molecule is CC(C(=O)Nc1ccccc1C#N)N1CCOCC1CO. The second kappa shape index (κ2) is 7.18. The minimum atomic E-state index is -0.405. The van der Waals surface area contributed by atoms with Crippen molar-refractivity contribution in [2.24, 2.45) is 0 Å². The van der Waals surface area contributed by atoms with Crippen LogP contribution in [-0.4, -0.2) is 54.4 Å². The third kappa shape index (κ3) is 3.58. The number of hydrogen-bond acceptors (Lipinski definition) is 5. The quantitative estimate of drug-likeness (QED) is 0.847. The van der Waals surface area contributed by atoms with E-state index in [0.29, 0.717) is 31.0 Å². The Kier molecular flexibility index (Phi) is 5.28. The van der Waals surface area contributed by atoms with Crippen LogP contribution in [0.2, 0.25) is 0 Å². The van der Waals surface area contributed by atoms with E-state index in [2.05, 4.69) is 11.4 Å². The lowest BCUT2D eigenvalue weighted by Crippen LogP contribution is -2.55. The highest BCUT2D eigenvalue weighted by Gasteiger charge is 2.30. The minimum Gasteiger partial charge on any atom is -0.395 e. The number of carbonyl (C=O) groups is 1. The van der Waals surface area contributed by atoms with Crippen molar-refractivity contribution >= 4 is 11.6 Å². The molecule has 0 spiro atoms. The first-order chi connectivity index (χ1) is 10.2. The molecule has 112 valence electrons. The van der Waals surface area contributed by atoms with E-state index in [1.807, 2.05) is 4.90 Å². The summed E-state index contributed by atoms with van der Waals surface area (Å²) < 4.78 is 5.31. The average molecular weight is 289 g/mol. The molecule has 0 radical (unpaired) electrons. The molecule has 0 saturated carbocycles. The van der Waals surface area contributed by atoms with Crippen molar-refractivity contribution in [1.29, 1.82) is 5.26 Å². The van der Waals surface area contributed by atoms with E-state index < -0.39 is 6.04 Å². The first-order valence-corrected chi connectivity index (χ1v) is 6.91. The third-order valence-corrected chi connectivity index (χ3v) is 3.67. The van der Waals surface area contributed by atoms with Gasteiger partial charge in [-0.2, -0.15) is 5.26 Å². The lowest BCUT2D eigenvalue weighted by Gasteiger charge is -2.37. The summed E-state index contributed by atoms with van der Waals surface area (Å²) >= 11 is 0. The molecule has 2 N–H and O–H groups in total. The second-order valence-electron chi connectivity index (χ2n) is 4.97. The maximum absolute atomic E-state index is 12.4. The molecule has 1 saturated heterocycles. The fourth-order valence-electron chi connectivity index (χ4n) is 2.41. The summed E-state index contributed by atoms with van der Waals surface area (Å²) in [6.45, 7) is 3.30. The van der Waals surface area contributed by atoms with Gasteiger partial charge in [-0.05, 0) is 19.1 Å². The smallest absolute Gasteiger partial charge is 0.241 e. The van der Waals surface area contributed by atoms with Crippen LogP contribution >= 0.6 is 0 Å². The predicted molar refractivity (Wildman–Crippen MR) is 77.6 cm³/mol. The van der Waals surface area contributed by atoms with Crippen LogP contribution in [0, 0.1) is 11.3 Å². The minimum absolute atomic E-state index is 0.0492. The normalized spacial score (nSPS) is 20.5. The molecule has 0 aliphatic carbocycles. The van der Waals surface area contributed by atoms with E-state index in [1.165, 1.54) is 0 Å². The Morgan fingerprint density at radius 2 is 2.38 bits per heavy atom. The molecule has 2 rings (SSSR count). The van der Waals surface area contributed by atoms with Gasteiger partial charge in [0, 0.05) is 6.54 Å². The largest absolute Gasteiger partial charge is 0.395 e. The zero-order valence-corrected chi connectivity index (χ0v) is 12.0. The van der Waals surface area contributed by atoms with Gasteiger partial charge in [0.1, 0.15) is 6.07 Å². The molecule has 1 fully saturated rings. The van der Waals surface area contributed by atoms with Crippen LogP contribution in [0.15, 0.2) is 24.3 Å². The molecule has 1 heterocycles. The number of aliphatic hydroxyl groups excluding tert-OH is 1. The van der Waals surface area contributed by atoms with E-state index in [1.54, 1.807) is 31.2 Å². The maximum atomic E-state index is 12.4. The average Bonchev–Trinajstić information content (AvgIpc) is 2.54. The summed E-state index contributed by atoms with van der Waals surface area (Å²) in [5.74, 6) is -0.196. The van der Waals surface area contributed by atoms with E-state index in [0.717, 1.165) is 0 Å². The lowest BCUT2D eigenvalue weighted by atomic mass is 10.1. The molecule has 6 nitrogen and oxygen atoms in total. The number of carbonyl (C=O) groups excluding carboxylic acids is 1. The number of benzene rings is 1. The van der Waals surface area contributed by atoms with Gasteiger partial charge < -0.3 is 15.2 Å². The molecule has 1 aromatic carbocycles. The van der Waals surface area contributed by atoms with Gasteiger partial charge >= 0.3 is 0 Å². The number of ether oxygens (including phenoxy) is 1. The molecule has 2 atom stereocenters. The molecule has 21 heavy (non-hydrogen) atoms. The van der Waals surface area contributed by atoms with Crippen molar-refractivity contribution in [3.63, 3.8) is 0 Å². The summed E-state index contributed by atoms with van der Waals surface area (Å²) in [6.07, 6.45) is 0. The Morgan fingerprint density at radius 3 is 3.10 bits per heavy atom. The highest BCUT2D eigenvalue weighted by atomic mass is 16.5. The number of nitrogens with one attached hydrogen (secondary N) is 1. The summed E-state index contributed by atoms with van der Waals surface area (Å²) in [6, 6.07) is 8.35. The molecule has 1 aliphatic rings. The van der Waals surface area contributed by atoms with Gasteiger partial charge in [0.15, 0.2) is 0 Å².